The molecule has 0 radical (unpaired) electrons. The second kappa shape index (κ2) is 8.19. The first-order valence-electron chi connectivity index (χ1n) is 8.29. The summed E-state index contributed by atoms with van der Waals surface area (Å²) in [5, 5.41) is 0.173. The van der Waals surface area contributed by atoms with E-state index in [-0.39, 0.29) is 29.0 Å². The van der Waals surface area contributed by atoms with Crippen molar-refractivity contribution in [3.63, 3.8) is 0 Å². The van der Waals surface area contributed by atoms with Gasteiger partial charge >= 0.3 is 0 Å². The van der Waals surface area contributed by atoms with Crippen LogP contribution in [0.5, 0.6) is 11.5 Å². The number of aryl methyl sites for hydroxylation is 1. The van der Waals surface area contributed by atoms with Crippen LogP contribution in [0, 0.1) is 0 Å². The first kappa shape index (κ1) is 19.5. The lowest BCUT2D eigenvalue weighted by molar-refractivity contribution is -0.119. The molecular formula is C19H18BrClN2O4. The summed E-state index contributed by atoms with van der Waals surface area (Å²) >= 11 is 9.74. The van der Waals surface area contributed by atoms with Gasteiger partial charge in [-0.1, -0.05) is 27.5 Å². The van der Waals surface area contributed by atoms with Crippen LogP contribution in [-0.2, 0) is 11.2 Å². The minimum Gasteiger partial charge on any atom is -0.493 e. The Balaban J connectivity index is 1.94. The second-order valence-electron chi connectivity index (χ2n) is 6.08. The molecule has 0 atom stereocenters. The van der Waals surface area contributed by atoms with Crippen molar-refractivity contribution < 1.29 is 19.1 Å². The summed E-state index contributed by atoms with van der Waals surface area (Å²) in [4.78, 5) is 25.8. The van der Waals surface area contributed by atoms with Crippen molar-refractivity contribution in [2.24, 2.45) is 5.73 Å². The van der Waals surface area contributed by atoms with Gasteiger partial charge in [-0.25, -0.2) is 0 Å². The molecule has 8 heteroatoms. The van der Waals surface area contributed by atoms with Crippen LogP contribution < -0.4 is 20.1 Å². The van der Waals surface area contributed by atoms with Crippen molar-refractivity contribution in [3.8, 4) is 11.5 Å². The summed E-state index contributed by atoms with van der Waals surface area (Å²) in [6.45, 7) is 0.283. The molecule has 0 aromatic heterocycles. The number of anilines is 1. The minimum atomic E-state index is -0.635. The highest BCUT2D eigenvalue weighted by molar-refractivity contribution is 9.10. The summed E-state index contributed by atoms with van der Waals surface area (Å²) in [6.07, 6.45) is 1.79. The maximum absolute atomic E-state index is 13.1. The van der Waals surface area contributed by atoms with Gasteiger partial charge in [-0.15, -0.1) is 0 Å². The van der Waals surface area contributed by atoms with Crippen LogP contribution in [-0.4, -0.2) is 32.1 Å². The van der Waals surface area contributed by atoms with E-state index >= 15 is 0 Å². The van der Waals surface area contributed by atoms with Crippen molar-refractivity contribution >= 4 is 45.0 Å². The Morgan fingerprint density at radius 2 is 2.07 bits per heavy atom. The number of halogens is 2. The number of hydrogen-bond donors (Lipinski definition) is 1. The Morgan fingerprint density at radius 1 is 1.30 bits per heavy atom. The molecule has 142 valence electrons. The molecule has 0 fully saturated rings. The van der Waals surface area contributed by atoms with Gasteiger partial charge in [-0.2, -0.15) is 0 Å². The molecule has 6 nitrogen and oxygen atoms in total. The molecule has 2 aromatic rings. The number of methoxy groups -OCH3 is 1. The van der Waals surface area contributed by atoms with Gasteiger partial charge in [0.15, 0.2) is 18.1 Å². The van der Waals surface area contributed by atoms with E-state index in [2.05, 4.69) is 15.9 Å². The van der Waals surface area contributed by atoms with Crippen LogP contribution >= 0.6 is 27.5 Å². The summed E-state index contributed by atoms with van der Waals surface area (Å²) < 4.78 is 11.6. The van der Waals surface area contributed by atoms with Crippen molar-refractivity contribution in [1.29, 1.82) is 0 Å². The highest BCUT2D eigenvalue weighted by Gasteiger charge is 2.25. The molecule has 2 amide bonds. The number of primary amides is 1. The zero-order chi connectivity index (χ0) is 19.6. The largest absolute Gasteiger partial charge is 0.493 e. The Hall–Kier alpha value is -2.25. The smallest absolute Gasteiger partial charge is 0.258 e. The number of amides is 2. The van der Waals surface area contributed by atoms with Crippen molar-refractivity contribution in [1.82, 2.24) is 0 Å². The maximum atomic E-state index is 13.1. The van der Waals surface area contributed by atoms with Crippen LogP contribution in [0.2, 0.25) is 5.02 Å². The molecule has 0 saturated heterocycles. The number of fused-ring (bicyclic) bond motifs is 1. The van der Waals surface area contributed by atoms with E-state index in [0.29, 0.717) is 12.1 Å². The predicted molar refractivity (Wildman–Crippen MR) is 107 cm³/mol. The highest BCUT2D eigenvalue weighted by Crippen LogP contribution is 2.38. The van der Waals surface area contributed by atoms with E-state index in [0.717, 1.165) is 28.6 Å². The number of hydrogen-bond acceptors (Lipinski definition) is 4. The average Bonchev–Trinajstić information content (AvgIpc) is 2.64. The van der Waals surface area contributed by atoms with Crippen LogP contribution in [0.4, 0.5) is 5.69 Å². The van der Waals surface area contributed by atoms with Crippen molar-refractivity contribution in [3.05, 3.63) is 51.0 Å². The zero-order valence-corrected chi connectivity index (χ0v) is 17.0. The summed E-state index contributed by atoms with van der Waals surface area (Å²) in [5.41, 5.74) is 7.48. The molecule has 0 unspecified atom stereocenters. The molecule has 3 rings (SSSR count). The minimum absolute atomic E-state index is 0.173. The number of nitrogens with two attached hydrogens (primary N) is 1. The molecule has 0 bridgehead atoms. The quantitative estimate of drug-likeness (QED) is 0.750. The standard InChI is InChI=1S/C19H18BrClN2O4/c1-26-16-9-12(8-14(21)18(16)27-10-17(22)24)19(25)23-6-2-3-11-7-13(20)4-5-15(11)23/h4-5,7-9H,2-3,6,10H2,1H3,(H2,22,24). The summed E-state index contributed by atoms with van der Waals surface area (Å²) in [5.74, 6) is -0.373. The lowest BCUT2D eigenvalue weighted by Gasteiger charge is -2.30. The molecular weight excluding hydrogens is 436 g/mol. The maximum Gasteiger partial charge on any atom is 0.258 e. The van der Waals surface area contributed by atoms with Crippen LogP contribution in [0.25, 0.3) is 0 Å². The Morgan fingerprint density at radius 3 is 2.78 bits per heavy atom. The van der Waals surface area contributed by atoms with Crippen LogP contribution in [0.15, 0.2) is 34.8 Å². The lowest BCUT2D eigenvalue weighted by Crippen LogP contribution is -2.35. The van der Waals surface area contributed by atoms with E-state index in [4.69, 9.17) is 26.8 Å². The number of carbonyl (C=O) groups excluding carboxylic acids is 2. The Kier molecular flexibility index (Phi) is 5.92. The molecule has 0 spiro atoms. The number of benzene rings is 2. The van der Waals surface area contributed by atoms with Crippen LogP contribution in [0.3, 0.4) is 0 Å². The number of ether oxygens (including phenoxy) is 2. The van der Waals surface area contributed by atoms with Crippen LogP contribution in [0.1, 0.15) is 22.3 Å². The fourth-order valence-corrected chi connectivity index (χ4v) is 3.73. The number of rotatable bonds is 5. The van der Waals surface area contributed by atoms with Crippen molar-refractivity contribution in [2.75, 3.05) is 25.2 Å². The van der Waals surface area contributed by atoms with Gasteiger partial charge in [-0.05, 0) is 48.7 Å². The van der Waals surface area contributed by atoms with Crippen molar-refractivity contribution in [2.45, 2.75) is 12.8 Å². The third-order valence-corrected chi connectivity index (χ3v) is 5.01. The van der Waals surface area contributed by atoms with Gasteiger partial charge in [0.25, 0.3) is 11.8 Å². The van der Waals surface area contributed by atoms with Gasteiger partial charge in [0.1, 0.15) is 0 Å². The number of nitrogens with zero attached hydrogens (tertiary/aromatic N) is 1. The monoisotopic (exact) mass is 452 g/mol. The average molecular weight is 454 g/mol. The molecule has 0 aliphatic carbocycles. The van der Waals surface area contributed by atoms with E-state index in [9.17, 15) is 9.59 Å². The molecule has 27 heavy (non-hydrogen) atoms. The van der Waals surface area contributed by atoms with Gasteiger partial charge in [-0.3, -0.25) is 9.59 Å². The molecule has 1 aliphatic heterocycles. The topological polar surface area (TPSA) is 81.9 Å². The fraction of sp³-hybridized carbons (Fsp3) is 0.263. The van der Waals surface area contributed by atoms with E-state index in [1.807, 2.05) is 18.2 Å². The summed E-state index contributed by atoms with van der Waals surface area (Å²) in [6, 6.07) is 8.94. The second-order valence-corrected chi connectivity index (χ2v) is 7.40. The van der Waals surface area contributed by atoms with E-state index in [1.165, 1.54) is 13.2 Å². The first-order chi connectivity index (χ1) is 12.9. The highest BCUT2D eigenvalue weighted by atomic mass is 79.9. The van der Waals surface area contributed by atoms with E-state index < -0.39 is 5.91 Å². The van der Waals surface area contributed by atoms with Gasteiger partial charge < -0.3 is 20.1 Å². The number of carbonyl (C=O) groups is 2. The third-order valence-electron chi connectivity index (χ3n) is 4.24. The van der Waals surface area contributed by atoms with Gasteiger partial charge in [0, 0.05) is 22.3 Å². The predicted octanol–water partition coefficient (Wildman–Crippen LogP) is 3.57. The first-order valence-corrected chi connectivity index (χ1v) is 9.46. The van der Waals surface area contributed by atoms with Gasteiger partial charge in [0.05, 0.1) is 12.1 Å². The molecule has 2 N–H and O–H groups in total. The lowest BCUT2D eigenvalue weighted by atomic mass is 10.0. The SMILES string of the molecule is COc1cc(C(=O)N2CCCc3cc(Br)ccc32)cc(Cl)c1OCC(N)=O. The normalized spacial score (nSPS) is 13.1. The Bertz CT molecular complexity index is 904. The van der Waals surface area contributed by atoms with Gasteiger partial charge in [0.2, 0.25) is 0 Å². The molecule has 1 aliphatic rings. The van der Waals surface area contributed by atoms with E-state index in [1.54, 1.807) is 11.0 Å². The molecule has 0 saturated carbocycles. The fourth-order valence-electron chi connectivity index (χ4n) is 3.06. The molecule has 1 heterocycles. The third kappa shape index (κ3) is 4.20. The Labute approximate surface area is 170 Å². The summed E-state index contributed by atoms with van der Waals surface area (Å²) in [7, 11) is 1.44. The zero-order valence-electron chi connectivity index (χ0n) is 14.6. The molecule has 2 aromatic carbocycles.